The fourth-order valence-electron chi connectivity index (χ4n) is 3.97. The molecule has 37 heavy (non-hydrogen) atoms. The summed E-state index contributed by atoms with van der Waals surface area (Å²) >= 11 is 0.687. The molecular weight excluding hydrogens is 526 g/mol. The standard InChI is InChI=1S/C23H22F6N4O3S/c1-35-16-4-2-15(3-5-16)32-11-8-31(9-12-32)10-13-33-18-7-6-17(36-23(27,28)29)14-19(18)37-21(33)30-20(34)22(24,25)26/h2-7,14H,8-13H2,1H3. The van der Waals surface area contributed by atoms with Crippen molar-refractivity contribution in [3.8, 4) is 11.5 Å². The first kappa shape index (κ1) is 26.8. The summed E-state index contributed by atoms with van der Waals surface area (Å²) < 4.78 is 87.1. The first-order valence-corrected chi connectivity index (χ1v) is 11.9. The summed E-state index contributed by atoms with van der Waals surface area (Å²) in [6.07, 6.45) is -10.1. The quantitative estimate of drug-likeness (QED) is 0.427. The molecule has 14 heteroatoms. The summed E-state index contributed by atoms with van der Waals surface area (Å²) in [5.41, 5.74) is 1.40. The Labute approximate surface area is 211 Å². The Hall–Kier alpha value is -3.26. The highest BCUT2D eigenvalue weighted by Crippen LogP contribution is 2.28. The molecule has 7 nitrogen and oxygen atoms in total. The molecule has 1 aromatic heterocycles. The highest BCUT2D eigenvalue weighted by molar-refractivity contribution is 7.16. The van der Waals surface area contributed by atoms with E-state index < -0.39 is 24.2 Å². The molecule has 1 aliphatic rings. The minimum atomic E-state index is -5.17. The Morgan fingerprint density at radius 3 is 2.19 bits per heavy atom. The average Bonchev–Trinajstić information content (AvgIpc) is 3.17. The first-order chi connectivity index (χ1) is 17.4. The van der Waals surface area contributed by atoms with Crippen LogP contribution in [0, 0.1) is 0 Å². The van der Waals surface area contributed by atoms with Crippen LogP contribution < -0.4 is 19.2 Å². The highest BCUT2D eigenvalue weighted by Gasteiger charge is 2.39. The summed E-state index contributed by atoms with van der Waals surface area (Å²) in [5, 5.41) is 0. The summed E-state index contributed by atoms with van der Waals surface area (Å²) in [6, 6.07) is 11.1. The molecule has 0 N–H and O–H groups in total. The largest absolute Gasteiger partial charge is 0.573 e. The maximum atomic E-state index is 12.9. The molecule has 1 saturated heterocycles. The molecule has 0 unspecified atom stereocenters. The number of nitrogens with zero attached hydrogens (tertiary/aromatic N) is 4. The van der Waals surface area contributed by atoms with Crippen molar-refractivity contribution in [3.05, 3.63) is 47.3 Å². The number of fused-ring (bicyclic) bond motifs is 1. The van der Waals surface area contributed by atoms with Crippen molar-refractivity contribution in [1.29, 1.82) is 0 Å². The Morgan fingerprint density at radius 2 is 1.59 bits per heavy atom. The van der Waals surface area contributed by atoms with E-state index in [0.717, 1.165) is 36.7 Å². The molecule has 1 aliphatic heterocycles. The SMILES string of the molecule is COc1ccc(N2CCN(CCn3c(=NC(=O)C(F)(F)F)sc4cc(OC(F)(F)F)ccc43)CC2)cc1. The number of alkyl halides is 6. The zero-order valence-corrected chi connectivity index (χ0v) is 20.3. The number of carbonyl (C=O) groups is 1. The van der Waals surface area contributed by atoms with Gasteiger partial charge in [0.05, 0.1) is 17.3 Å². The summed E-state index contributed by atoms with van der Waals surface area (Å²) in [5.74, 6) is -2.05. The number of anilines is 1. The second-order valence-electron chi connectivity index (χ2n) is 8.16. The van der Waals surface area contributed by atoms with Gasteiger partial charge in [-0.25, -0.2) is 0 Å². The number of amides is 1. The molecule has 0 radical (unpaired) electrons. The lowest BCUT2D eigenvalue weighted by atomic mass is 10.2. The molecule has 3 aromatic rings. The third-order valence-corrected chi connectivity index (χ3v) is 6.82. The van der Waals surface area contributed by atoms with Crippen LogP contribution in [0.2, 0.25) is 0 Å². The molecule has 200 valence electrons. The van der Waals surface area contributed by atoms with Crippen molar-refractivity contribution in [3.63, 3.8) is 0 Å². The Morgan fingerprint density at radius 1 is 0.946 bits per heavy atom. The number of benzene rings is 2. The molecule has 2 aromatic carbocycles. The second kappa shape index (κ2) is 10.6. The van der Waals surface area contributed by atoms with Gasteiger partial charge in [-0.15, -0.1) is 13.2 Å². The van der Waals surface area contributed by atoms with Crippen molar-refractivity contribution < 1.29 is 40.6 Å². The zero-order chi connectivity index (χ0) is 26.8. The number of rotatable bonds is 6. The number of methoxy groups -OCH3 is 1. The van der Waals surface area contributed by atoms with Gasteiger partial charge in [-0.3, -0.25) is 9.69 Å². The van der Waals surface area contributed by atoms with Crippen molar-refractivity contribution >= 4 is 33.1 Å². The topological polar surface area (TPSA) is 59.3 Å². The maximum absolute atomic E-state index is 12.9. The number of hydrogen-bond acceptors (Lipinski definition) is 6. The molecule has 0 atom stereocenters. The predicted molar refractivity (Wildman–Crippen MR) is 125 cm³/mol. The molecule has 1 fully saturated rings. The van der Waals surface area contributed by atoms with E-state index in [2.05, 4.69) is 19.5 Å². The highest BCUT2D eigenvalue weighted by atomic mass is 32.1. The third kappa shape index (κ3) is 6.74. The van der Waals surface area contributed by atoms with E-state index in [4.69, 9.17) is 4.74 Å². The van der Waals surface area contributed by atoms with Crippen LogP contribution in [0.3, 0.4) is 0 Å². The average molecular weight is 549 g/mol. The zero-order valence-electron chi connectivity index (χ0n) is 19.5. The van der Waals surface area contributed by atoms with Crippen molar-refractivity contribution in [1.82, 2.24) is 9.47 Å². The van der Waals surface area contributed by atoms with Crippen LogP contribution in [-0.4, -0.2) is 67.7 Å². The number of hydrogen-bond donors (Lipinski definition) is 0. The molecule has 1 amide bonds. The van der Waals surface area contributed by atoms with Gasteiger partial charge in [0, 0.05) is 45.0 Å². The van der Waals surface area contributed by atoms with E-state index in [1.807, 2.05) is 24.3 Å². The lowest BCUT2D eigenvalue weighted by molar-refractivity contribution is -0.274. The van der Waals surface area contributed by atoms with E-state index >= 15 is 0 Å². The van der Waals surface area contributed by atoms with Gasteiger partial charge >= 0.3 is 18.4 Å². The van der Waals surface area contributed by atoms with E-state index in [9.17, 15) is 31.1 Å². The first-order valence-electron chi connectivity index (χ1n) is 11.1. The minimum absolute atomic E-state index is 0.186. The van der Waals surface area contributed by atoms with Crippen LogP contribution in [0.15, 0.2) is 47.5 Å². The normalized spacial score (nSPS) is 15.9. The van der Waals surface area contributed by atoms with E-state index in [1.54, 1.807) is 7.11 Å². The van der Waals surface area contributed by atoms with E-state index in [0.29, 0.717) is 36.5 Å². The van der Waals surface area contributed by atoms with E-state index in [1.165, 1.54) is 10.6 Å². The van der Waals surface area contributed by atoms with Gasteiger partial charge in [0.15, 0.2) is 4.80 Å². The monoisotopic (exact) mass is 548 g/mol. The lowest BCUT2D eigenvalue weighted by Gasteiger charge is -2.36. The second-order valence-corrected chi connectivity index (χ2v) is 9.16. The molecular formula is C23H22F6N4O3S. The third-order valence-electron chi connectivity index (χ3n) is 5.78. The molecule has 0 spiro atoms. The van der Waals surface area contributed by atoms with Gasteiger partial charge in [0.2, 0.25) is 0 Å². The van der Waals surface area contributed by atoms with Crippen molar-refractivity contribution in [2.45, 2.75) is 19.1 Å². The molecule has 0 bridgehead atoms. The molecule has 4 rings (SSSR count). The molecule has 2 heterocycles. The van der Waals surface area contributed by atoms with Gasteiger partial charge in [-0.2, -0.15) is 18.2 Å². The van der Waals surface area contributed by atoms with Crippen molar-refractivity contribution in [2.75, 3.05) is 44.7 Å². The smallest absolute Gasteiger partial charge is 0.497 e. The van der Waals surface area contributed by atoms with Gasteiger partial charge in [0.25, 0.3) is 0 Å². The summed E-state index contributed by atoms with van der Waals surface area (Å²) in [6.45, 7) is 3.45. The summed E-state index contributed by atoms with van der Waals surface area (Å²) in [7, 11) is 1.59. The Balaban J connectivity index is 1.51. The predicted octanol–water partition coefficient (Wildman–Crippen LogP) is 4.42. The number of aromatic nitrogens is 1. The Kier molecular flexibility index (Phi) is 7.69. The van der Waals surface area contributed by atoms with Gasteiger partial charge in [0.1, 0.15) is 11.5 Å². The fraction of sp³-hybridized carbons (Fsp3) is 0.391. The van der Waals surface area contributed by atoms with Crippen LogP contribution in [0.1, 0.15) is 0 Å². The number of halogens is 6. The Bertz CT molecular complexity index is 1310. The van der Waals surface area contributed by atoms with Gasteiger partial charge in [-0.1, -0.05) is 11.3 Å². The lowest BCUT2D eigenvalue weighted by Crippen LogP contribution is -2.47. The van der Waals surface area contributed by atoms with Crippen LogP contribution >= 0.6 is 11.3 Å². The van der Waals surface area contributed by atoms with Crippen LogP contribution in [0.25, 0.3) is 10.2 Å². The maximum Gasteiger partial charge on any atom is 0.573 e. The number of piperazine rings is 1. The van der Waals surface area contributed by atoms with Crippen LogP contribution in [-0.2, 0) is 11.3 Å². The van der Waals surface area contributed by atoms with Crippen LogP contribution in [0.5, 0.6) is 11.5 Å². The minimum Gasteiger partial charge on any atom is -0.497 e. The van der Waals surface area contributed by atoms with Gasteiger partial charge < -0.3 is 18.9 Å². The fourth-order valence-corrected chi connectivity index (χ4v) is 5.05. The van der Waals surface area contributed by atoms with E-state index in [-0.39, 0.29) is 16.0 Å². The van der Waals surface area contributed by atoms with Gasteiger partial charge in [-0.05, 0) is 42.5 Å². The molecule has 0 aliphatic carbocycles. The van der Waals surface area contributed by atoms with Crippen LogP contribution in [0.4, 0.5) is 32.0 Å². The molecule has 0 saturated carbocycles. The van der Waals surface area contributed by atoms with Crippen molar-refractivity contribution in [2.24, 2.45) is 4.99 Å². The number of thiazole rings is 1. The number of ether oxygens (including phenoxy) is 2. The number of carbonyl (C=O) groups excluding carboxylic acids is 1. The summed E-state index contributed by atoms with van der Waals surface area (Å²) in [4.78, 5) is 18.8.